The first kappa shape index (κ1) is 15.4. The van der Waals surface area contributed by atoms with Gasteiger partial charge in [-0.1, -0.05) is 23.9 Å². The minimum Gasteiger partial charge on any atom is -0.478 e. The Morgan fingerprint density at radius 2 is 2.04 bits per heavy atom. The third-order valence-corrected chi connectivity index (χ3v) is 4.38. The van der Waals surface area contributed by atoms with Crippen LogP contribution in [-0.2, 0) is 12.3 Å². The summed E-state index contributed by atoms with van der Waals surface area (Å²) in [4.78, 5) is 10.9. The van der Waals surface area contributed by atoms with E-state index in [0.717, 1.165) is 17.3 Å². The van der Waals surface area contributed by atoms with Crippen molar-refractivity contribution in [2.24, 2.45) is 0 Å². The molecule has 6 nitrogen and oxygen atoms in total. The van der Waals surface area contributed by atoms with Crippen LogP contribution in [-0.4, -0.2) is 25.8 Å². The first-order valence-corrected chi connectivity index (χ1v) is 8.09. The zero-order valence-corrected chi connectivity index (χ0v) is 13.3. The molecule has 0 unspecified atom stereocenters. The highest BCUT2D eigenvalue weighted by Gasteiger charge is 2.15. The van der Waals surface area contributed by atoms with Crippen LogP contribution in [0, 0.1) is 0 Å². The Bertz CT molecular complexity index is 795. The van der Waals surface area contributed by atoms with E-state index in [-0.39, 0.29) is 5.56 Å². The van der Waals surface area contributed by atoms with Gasteiger partial charge in [-0.2, -0.15) is 0 Å². The Balaban J connectivity index is 1.74. The van der Waals surface area contributed by atoms with E-state index in [1.54, 1.807) is 30.2 Å². The highest BCUT2D eigenvalue weighted by atomic mass is 32.2. The third-order valence-electron chi connectivity index (χ3n) is 3.34. The summed E-state index contributed by atoms with van der Waals surface area (Å²) >= 11 is 1.56. The summed E-state index contributed by atoms with van der Waals surface area (Å²) in [5.74, 6) is 1.17. The topological polar surface area (TPSA) is 81.2 Å². The first-order valence-electron chi connectivity index (χ1n) is 7.11. The van der Waals surface area contributed by atoms with E-state index in [4.69, 9.17) is 9.52 Å². The molecule has 0 amide bonds. The van der Waals surface area contributed by atoms with Crippen LogP contribution in [0.25, 0.3) is 11.6 Å². The van der Waals surface area contributed by atoms with Gasteiger partial charge in [-0.3, -0.25) is 4.57 Å². The number of carbonyl (C=O) groups is 1. The zero-order chi connectivity index (χ0) is 16.2. The van der Waals surface area contributed by atoms with Crippen molar-refractivity contribution in [3.05, 3.63) is 53.8 Å². The van der Waals surface area contributed by atoms with Gasteiger partial charge in [0.2, 0.25) is 0 Å². The van der Waals surface area contributed by atoms with Gasteiger partial charge in [0, 0.05) is 12.3 Å². The molecule has 0 radical (unpaired) electrons. The van der Waals surface area contributed by atoms with E-state index in [1.165, 1.54) is 0 Å². The highest BCUT2D eigenvalue weighted by Crippen LogP contribution is 2.26. The van der Waals surface area contributed by atoms with E-state index >= 15 is 0 Å². The van der Waals surface area contributed by atoms with Crippen molar-refractivity contribution >= 4 is 17.7 Å². The molecule has 0 spiro atoms. The lowest BCUT2D eigenvalue weighted by atomic mass is 10.1. The van der Waals surface area contributed by atoms with Gasteiger partial charge < -0.3 is 9.52 Å². The summed E-state index contributed by atoms with van der Waals surface area (Å²) in [6, 6.07) is 10.5. The van der Waals surface area contributed by atoms with E-state index in [0.29, 0.717) is 17.3 Å². The predicted octanol–water partition coefficient (Wildman–Crippen LogP) is 3.55. The molecule has 1 aromatic carbocycles. The van der Waals surface area contributed by atoms with Crippen molar-refractivity contribution in [2.75, 3.05) is 0 Å². The summed E-state index contributed by atoms with van der Waals surface area (Å²) < 4.78 is 7.38. The first-order chi connectivity index (χ1) is 11.2. The maximum absolute atomic E-state index is 10.9. The minimum atomic E-state index is -0.919. The lowest BCUT2D eigenvalue weighted by Gasteiger charge is -2.06. The molecule has 0 aliphatic carbocycles. The molecule has 3 rings (SSSR count). The molecule has 7 heteroatoms. The summed E-state index contributed by atoms with van der Waals surface area (Å²) in [6.45, 7) is 2.77. The second-order valence-electron chi connectivity index (χ2n) is 4.82. The van der Waals surface area contributed by atoms with Crippen LogP contribution in [0.3, 0.4) is 0 Å². The van der Waals surface area contributed by atoms with Gasteiger partial charge in [0.05, 0.1) is 11.8 Å². The Hall–Kier alpha value is -2.54. The standard InChI is InChI=1S/C16H15N3O3S/c1-2-19-14(13-4-3-9-22-13)17-18-16(19)23-10-11-5-7-12(8-6-11)15(20)21/h3-9H,2,10H2,1H3,(H,20,21). The van der Waals surface area contributed by atoms with Gasteiger partial charge in [0.1, 0.15) is 0 Å². The number of carboxylic acid groups (broad SMARTS) is 1. The smallest absolute Gasteiger partial charge is 0.335 e. The molecule has 0 atom stereocenters. The van der Waals surface area contributed by atoms with Crippen molar-refractivity contribution in [3.63, 3.8) is 0 Å². The number of aromatic nitrogens is 3. The average molecular weight is 329 g/mol. The van der Waals surface area contributed by atoms with Crippen molar-refractivity contribution in [1.29, 1.82) is 0 Å². The van der Waals surface area contributed by atoms with Gasteiger partial charge in [-0.15, -0.1) is 10.2 Å². The SMILES string of the molecule is CCn1c(SCc2ccc(C(=O)O)cc2)nnc1-c1ccco1. The Morgan fingerprint density at radius 1 is 1.26 bits per heavy atom. The summed E-state index contributed by atoms with van der Waals surface area (Å²) in [5.41, 5.74) is 1.32. The zero-order valence-electron chi connectivity index (χ0n) is 12.5. The maximum atomic E-state index is 10.9. The Morgan fingerprint density at radius 3 is 2.65 bits per heavy atom. The van der Waals surface area contributed by atoms with Crippen LogP contribution < -0.4 is 0 Å². The van der Waals surface area contributed by atoms with E-state index < -0.39 is 5.97 Å². The fraction of sp³-hybridized carbons (Fsp3) is 0.188. The van der Waals surface area contributed by atoms with Crippen molar-refractivity contribution in [2.45, 2.75) is 24.4 Å². The van der Waals surface area contributed by atoms with Gasteiger partial charge in [0.25, 0.3) is 0 Å². The lowest BCUT2D eigenvalue weighted by Crippen LogP contribution is -1.99. The minimum absolute atomic E-state index is 0.288. The van der Waals surface area contributed by atoms with Crippen molar-refractivity contribution in [3.8, 4) is 11.6 Å². The van der Waals surface area contributed by atoms with Gasteiger partial charge >= 0.3 is 5.97 Å². The molecular weight excluding hydrogens is 314 g/mol. The Labute approximate surface area is 137 Å². The molecule has 0 aliphatic heterocycles. The van der Waals surface area contributed by atoms with Crippen molar-refractivity contribution < 1.29 is 14.3 Å². The fourth-order valence-corrected chi connectivity index (χ4v) is 3.12. The number of furan rings is 1. The molecule has 0 fully saturated rings. The Kier molecular flexibility index (Phi) is 4.47. The fourth-order valence-electron chi connectivity index (χ4n) is 2.16. The second kappa shape index (κ2) is 6.70. The maximum Gasteiger partial charge on any atom is 0.335 e. The molecule has 0 saturated heterocycles. The largest absolute Gasteiger partial charge is 0.478 e. The third kappa shape index (κ3) is 3.29. The molecule has 1 N–H and O–H groups in total. The number of carboxylic acids is 1. The van der Waals surface area contributed by atoms with Crippen LogP contribution in [0.2, 0.25) is 0 Å². The number of hydrogen-bond acceptors (Lipinski definition) is 5. The second-order valence-corrected chi connectivity index (χ2v) is 5.76. The van der Waals surface area contributed by atoms with Crippen LogP contribution >= 0.6 is 11.8 Å². The predicted molar refractivity (Wildman–Crippen MR) is 86.4 cm³/mol. The molecule has 0 aliphatic rings. The quantitative estimate of drug-likeness (QED) is 0.697. The number of thioether (sulfide) groups is 1. The molecule has 2 aromatic heterocycles. The highest BCUT2D eigenvalue weighted by molar-refractivity contribution is 7.98. The van der Waals surface area contributed by atoms with E-state index in [9.17, 15) is 4.79 Å². The molecule has 0 bridgehead atoms. The van der Waals surface area contributed by atoms with E-state index in [1.807, 2.05) is 35.8 Å². The van der Waals surface area contributed by atoms with Gasteiger partial charge in [0.15, 0.2) is 16.7 Å². The van der Waals surface area contributed by atoms with E-state index in [2.05, 4.69) is 10.2 Å². The number of hydrogen-bond donors (Lipinski definition) is 1. The molecule has 0 saturated carbocycles. The number of aromatic carboxylic acids is 1. The molecule has 23 heavy (non-hydrogen) atoms. The molecule has 118 valence electrons. The summed E-state index contributed by atoms with van der Waals surface area (Å²) in [6.07, 6.45) is 1.61. The van der Waals surface area contributed by atoms with Gasteiger partial charge in [-0.05, 0) is 36.8 Å². The lowest BCUT2D eigenvalue weighted by molar-refractivity contribution is 0.0697. The summed E-state index contributed by atoms with van der Waals surface area (Å²) in [7, 11) is 0. The van der Waals surface area contributed by atoms with Gasteiger partial charge in [-0.25, -0.2) is 4.79 Å². The monoisotopic (exact) mass is 329 g/mol. The number of benzene rings is 1. The number of rotatable bonds is 6. The van der Waals surface area contributed by atoms with Crippen LogP contribution in [0.4, 0.5) is 0 Å². The summed E-state index contributed by atoms with van der Waals surface area (Å²) in [5, 5.41) is 18.1. The number of nitrogens with zero attached hydrogens (tertiary/aromatic N) is 3. The van der Waals surface area contributed by atoms with Crippen LogP contribution in [0.15, 0.2) is 52.2 Å². The normalized spacial score (nSPS) is 10.8. The molecular formula is C16H15N3O3S. The van der Waals surface area contributed by atoms with Crippen LogP contribution in [0.1, 0.15) is 22.8 Å². The molecule has 3 aromatic rings. The molecule has 2 heterocycles. The average Bonchev–Trinajstić information content (AvgIpc) is 3.22. The van der Waals surface area contributed by atoms with Crippen LogP contribution in [0.5, 0.6) is 0 Å². The van der Waals surface area contributed by atoms with Crippen molar-refractivity contribution in [1.82, 2.24) is 14.8 Å².